The van der Waals surface area contributed by atoms with Crippen molar-refractivity contribution in [3.63, 3.8) is 0 Å². The Morgan fingerprint density at radius 3 is 2.75 bits per heavy atom. The molecule has 1 heterocycles. The van der Waals surface area contributed by atoms with E-state index in [2.05, 4.69) is 31.1 Å². The van der Waals surface area contributed by atoms with Gasteiger partial charge in [-0.25, -0.2) is 0 Å². The first-order valence-corrected chi connectivity index (χ1v) is 6.61. The fourth-order valence-electron chi connectivity index (χ4n) is 2.45. The molecule has 0 bridgehead atoms. The van der Waals surface area contributed by atoms with Crippen LogP contribution in [0, 0.1) is 0 Å². The van der Waals surface area contributed by atoms with Crippen LogP contribution in [0.15, 0.2) is 0 Å². The second-order valence-corrected chi connectivity index (χ2v) is 5.70. The molecule has 1 fully saturated rings. The first-order valence-electron chi connectivity index (χ1n) is 6.61. The van der Waals surface area contributed by atoms with Gasteiger partial charge in [-0.05, 0) is 59.7 Å². The fraction of sp³-hybridized carbons (Fsp3) is 1.00. The van der Waals surface area contributed by atoms with Crippen LogP contribution >= 0.6 is 0 Å². The van der Waals surface area contributed by atoms with Crippen LogP contribution in [0.4, 0.5) is 0 Å². The third-order valence-electron chi connectivity index (χ3n) is 3.74. The van der Waals surface area contributed by atoms with Gasteiger partial charge in [0.25, 0.3) is 0 Å². The Bertz CT molecular complexity index is 194. The van der Waals surface area contributed by atoms with Gasteiger partial charge in [-0.2, -0.15) is 0 Å². The quantitative estimate of drug-likeness (QED) is 0.725. The van der Waals surface area contributed by atoms with Gasteiger partial charge >= 0.3 is 0 Å². The molecule has 1 atom stereocenters. The summed E-state index contributed by atoms with van der Waals surface area (Å²) in [5.74, 6) is 0. The summed E-state index contributed by atoms with van der Waals surface area (Å²) in [7, 11) is 2.24. The molecule has 0 spiro atoms. The van der Waals surface area contributed by atoms with Crippen molar-refractivity contribution in [2.24, 2.45) is 0 Å². The minimum atomic E-state index is 0.0714. The van der Waals surface area contributed by atoms with Crippen molar-refractivity contribution < 1.29 is 5.11 Å². The topological polar surface area (TPSA) is 35.5 Å². The van der Waals surface area contributed by atoms with Gasteiger partial charge in [-0.3, -0.25) is 0 Å². The van der Waals surface area contributed by atoms with Crippen molar-refractivity contribution in [1.82, 2.24) is 10.2 Å². The van der Waals surface area contributed by atoms with Gasteiger partial charge in [0, 0.05) is 18.2 Å². The maximum absolute atomic E-state index is 8.94. The van der Waals surface area contributed by atoms with Gasteiger partial charge in [-0.1, -0.05) is 6.42 Å². The summed E-state index contributed by atoms with van der Waals surface area (Å²) in [5, 5.41) is 12.5. The molecule has 3 heteroatoms. The van der Waals surface area contributed by atoms with E-state index >= 15 is 0 Å². The third-order valence-corrected chi connectivity index (χ3v) is 3.74. The second-order valence-electron chi connectivity index (χ2n) is 5.70. The van der Waals surface area contributed by atoms with Gasteiger partial charge in [0.15, 0.2) is 0 Å². The van der Waals surface area contributed by atoms with Crippen LogP contribution in [-0.4, -0.2) is 48.3 Å². The zero-order valence-electron chi connectivity index (χ0n) is 11.1. The summed E-state index contributed by atoms with van der Waals surface area (Å²) in [6.07, 6.45) is 6.14. The Balaban J connectivity index is 2.18. The van der Waals surface area contributed by atoms with E-state index in [1.807, 2.05) is 0 Å². The van der Waals surface area contributed by atoms with E-state index < -0.39 is 0 Å². The van der Waals surface area contributed by atoms with Gasteiger partial charge < -0.3 is 15.3 Å². The lowest BCUT2D eigenvalue weighted by molar-refractivity contribution is 0.168. The number of likely N-dealkylation sites (tertiary alicyclic amines) is 1. The molecular formula is C13H28N2O. The van der Waals surface area contributed by atoms with E-state index in [1.165, 1.54) is 32.2 Å². The van der Waals surface area contributed by atoms with Gasteiger partial charge in [0.05, 0.1) is 0 Å². The molecule has 0 aliphatic carbocycles. The van der Waals surface area contributed by atoms with E-state index in [1.54, 1.807) is 0 Å². The van der Waals surface area contributed by atoms with Crippen molar-refractivity contribution in [2.75, 3.05) is 26.7 Å². The van der Waals surface area contributed by atoms with Gasteiger partial charge in [0.1, 0.15) is 0 Å². The van der Waals surface area contributed by atoms with Gasteiger partial charge in [0.2, 0.25) is 0 Å². The lowest BCUT2D eigenvalue weighted by Crippen LogP contribution is -2.44. The smallest absolute Gasteiger partial charge is 0.0448 e. The number of piperidine rings is 1. The van der Waals surface area contributed by atoms with Gasteiger partial charge in [-0.15, -0.1) is 0 Å². The molecule has 0 aromatic rings. The predicted octanol–water partition coefficient (Wildman–Crippen LogP) is 1.61. The Kier molecular flexibility index (Phi) is 5.73. The van der Waals surface area contributed by atoms with Crippen LogP contribution in [-0.2, 0) is 0 Å². The van der Waals surface area contributed by atoms with E-state index in [0.717, 1.165) is 19.0 Å². The zero-order valence-corrected chi connectivity index (χ0v) is 11.1. The van der Waals surface area contributed by atoms with Crippen molar-refractivity contribution in [3.8, 4) is 0 Å². The normalized spacial score (nSPS) is 23.6. The highest BCUT2D eigenvalue weighted by atomic mass is 16.3. The molecule has 2 N–H and O–H groups in total. The zero-order chi connectivity index (χ0) is 12.0. The van der Waals surface area contributed by atoms with E-state index in [0.29, 0.717) is 0 Å². The molecule has 0 amide bonds. The van der Waals surface area contributed by atoms with E-state index in [9.17, 15) is 0 Å². The molecule has 1 unspecified atom stereocenters. The van der Waals surface area contributed by atoms with Crippen LogP contribution in [0.25, 0.3) is 0 Å². The molecule has 1 aliphatic heterocycles. The molecule has 1 aliphatic rings. The van der Waals surface area contributed by atoms with Crippen LogP contribution in [0.1, 0.15) is 46.0 Å². The highest BCUT2D eigenvalue weighted by molar-refractivity contribution is 4.80. The maximum Gasteiger partial charge on any atom is 0.0448 e. The Hall–Kier alpha value is -0.120. The number of hydrogen-bond donors (Lipinski definition) is 2. The van der Waals surface area contributed by atoms with Crippen molar-refractivity contribution in [1.29, 1.82) is 0 Å². The number of aliphatic hydroxyl groups excluding tert-OH is 1. The highest BCUT2D eigenvalue weighted by Gasteiger charge is 2.20. The molecule has 16 heavy (non-hydrogen) atoms. The number of rotatable bonds is 6. The molecule has 96 valence electrons. The average Bonchev–Trinajstić information content (AvgIpc) is 2.20. The second kappa shape index (κ2) is 6.58. The summed E-state index contributed by atoms with van der Waals surface area (Å²) < 4.78 is 0. The highest BCUT2D eigenvalue weighted by Crippen LogP contribution is 2.17. The molecule has 0 saturated carbocycles. The molecule has 1 rings (SSSR count). The summed E-state index contributed by atoms with van der Waals surface area (Å²) in [4.78, 5) is 2.49. The van der Waals surface area contributed by atoms with Crippen LogP contribution in [0.3, 0.4) is 0 Å². The summed E-state index contributed by atoms with van der Waals surface area (Å²) in [6.45, 7) is 6.90. The van der Waals surface area contributed by atoms with Crippen LogP contribution in [0.2, 0.25) is 0 Å². The molecule has 3 nitrogen and oxygen atoms in total. The van der Waals surface area contributed by atoms with E-state index in [-0.39, 0.29) is 12.1 Å². The first-order chi connectivity index (χ1) is 7.55. The Morgan fingerprint density at radius 2 is 2.12 bits per heavy atom. The predicted molar refractivity (Wildman–Crippen MR) is 68.7 cm³/mol. The van der Waals surface area contributed by atoms with Crippen LogP contribution in [0.5, 0.6) is 0 Å². The molecule has 0 aromatic heterocycles. The minimum absolute atomic E-state index is 0.0714. The van der Waals surface area contributed by atoms with Crippen LogP contribution < -0.4 is 5.32 Å². The third kappa shape index (κ3) is 4.81. The molecule has 0 radical (unpaired) electrons. The monoisotopic (exact) mass is 228 g/mol. The Labute approximate surface area is 100 Å². The summed E-state index contributed by atoms with van der Waals surface area (Å²) in [5.41, 5.74) is 0.0714. The average molecular weight is 228 g/mol. The minimum Gasteiger partial charge on any atom is -0.396 e. The lowest BCUT2D eigenvalue weighted by atomic mass is 9.98. The number of nitrogens with one attached hydrogen (secondary N) is 1. The van der Waals surface area contributed by atoms with E-state index in [4.69, 9.17) is 5.11 Å². The number of aliphatic hydroxyl groups is 1. The largest absolute Gasteiger partial charge is 0.396 e. The molecule has 0 aromatic carbocycles. The lowest BCUT2D eigenvalue weighted by Gasteiger charge is -2.34. The number of nitrogens with zero attached hydrogens (tertiary/aromatic N) is 1. The maximum atomic E-state index is 8.94. The summed E-state index contributed by atoms with van der Waals surface area (Å²) in [6, 6.07) is 0.756. The van der Waals surface area contributed by atoms with Crippen molar-refractivity contribution in [2.45, 2.75) is 57.5 Å². The molecule has 1 saturated heterocycles. The fourth-order valence-corrected chi connectivity index (χ4v) is 2.45. The first kappa shape index (κ1) is 13.9. The number of hydrogen-bond acceptors (Lipinski definition) is 3. The SMILES string of the molecule is CN1CCCCC1CCNC(C)(C)CCO. The Morgan fingerprint density at radius 1 is 1.38 bits per heavy atom. The molecular weight excluding hydrogens is 200 g/mol. The summed E-state index contributed by atoms with van der Waals surface area (Å²) >= 11 is 0. The standard InChI is InChI=1S/C13H28N2O/c1-13(2,8-11-16)14-9-7-12-6-4-5-10-15(12)3/h12,14,16H,4-11H2,1-3H3. The van der Waals surface area contributed by atoms with Crippen molar-refractivity contribution >= 4 is 0 Å². The van der Waals surface area contributed by atoms with Crippen molar-refractivity contribution in [3.05, 3.63) is 0 Å².